The van der Waals surface area contributed by atoms with Gasteiger partial charge in [0.05, 0.1) is 7.11 Å². The fraction of sp³-hybridized carbons (Fsp3) is 0.308. The lowest BCUT2D eigenvalue weighted by Crippen LogP contribution is -2.06. The van der Waals surface area contributed by atoms with E-state index < -0.39 is 0 Å². The van der Waals surface area contributed by atoms with Gasteiger partial charge >= 0.3 is 0 Å². The molecule has 1 heterocycles. The summed E-state index contributed by atoms with van der Waals surface area (Å²) in [6.07, 6.45) is 0. The van der Waals surface area contributed by atoms with Crippen LogP contribution in [0.1, 0.15) is 25.6 Å². The summed E-state index contributed by atoms with van der Waals surface area (Å²) in [4.78, 5) is 12.7. The van der Waals surface area contributed by atoms with Crippen LogP contribution in [0.25, 0.3) is 11.4 Å². The molecule has 0 saturated heterocycles. The van der Waals surface area contributed by atoms with Crippen molar-refractivity contribution in [3.8, 4) is 17.1 Å². The highest BCUT2D eigenvalue weighted by Gasteiger charge is 2.10. The zero-order chi connectivity index (χ0) is 13.1. The molecule has 2 rings (SSSR count). The van der Waals surface area contributed by atoms with Gasteiger partial charge in [0.15, 0.2) is 5.82 Å². The summed E-state index contributed by atoms with van der Waals surface area (Å²) >= 11 is 0. The Kier molecular flexibility index (Phi) is 3.41. The lowest BCUT2D eigenvalue weighted by Gasteiger charge is -2.08. The highest BCUT2D eigenvalue weighted by atomic mass is 16.5. The van der Waals surface area contributed by atoms with Crippen LogP contribution in [0.4, 0.5) is 5.95 Å². The van der Waals surface area contributed by atoms with Crippen LogP contribution in [0.15, 0.2) is 24.3 Å². The molecule has 0 unspecified atom stereocenters. The Morgan fingerprint density at radius 3 is 2.61 bits per heavy atom. The van der Waals surface area contributed by atoms with E-state index in [0.717, 1.165) is 11.3 Å². The smallest absolute Gasteiger partial charge is 0.223 e. The van der Waals surface area contributed by atoms with Crippen molar-refractivity contribution in [2.45, 2.75) is 19.8 Å². The second kappa shape index (κ2) is 5.00. The molecule has 1 aromatic heterocycles. The van der Waals surface area contributed by atoms with Crippen LogP contribution in [-0.2, 0) is 0 Å². The minimum absolute atomic E-state index is 0.208. The molecule has 0 amide bonds. The molecule has 1 aromatic carbocycles. The maximum atomic E-state index is 5.71. The highest BCUT2D eigenvalue weighted by molar-refractivity contribution is 5.58. The number of benzene rings is 1. The first-order valence-corrected chi connectivity index (χ1v) is 5.76. The Hall–Kier alpha value is -2.17. The van der Waals surface area contributed by atoms with E-state index in [9.17, 15) is 0 Å². The number of nitrogens with zero attached hydrogens (tertiary/aromatic N) is 3. The van der Waals surface area contributed by atoms with Gasteiger partial charge in [-0.25, -0.2) is 4.98 Å². The van der Waals surface area contributed by atoms with Gasteiger partial charge in [-0.2, -0.15) is 9.97 Å². The fourth-order valence-electron chi connectivity index (χ4n) is 1.56. The van der Waals surface area contributed by atoms with E-state index in [1.54, 1.807) is 7.11 Å². The Labute approximate surface area is 106 Å². The lowest BCUT2D eigenvalue weighted by atomic mass is 10.2. The first-order valence-electron chi connectivity index (χ1n) is 5.76. The van der Waals surface area contributed by atoms with Crippen LogP contribution < -0.4 is 10.5 Å². The second-order valence-electron chi connectivity index (χ2n) is 4.26. The number of hydrogen-bond acceptors (Lipinski definition) is 5. The molecule has 0 spiro atoms. The van der Waals surface area contributed by atoms with Gasteiger partial charge in [0, 0.05) is 11.5 Å². The number of hydrogen-bond donors (Lipinski definition) is 1. The molecule has 0 aliphatic heterocycles. The maximum absolute atomic E-state index is 5.71. The maximum Gasteiger partial charge on any atom is 0.223 e. The summed E-state index contributed by atoms with van der Waals surface area (Å²) in [7, 11) is 1.63. The van der Waals surface area contributed by atoms with Crippen LogP contribution in [0.2, 0.25) is 0 Å². The predicted molar refractivity (Wildman–Crippen MR) is 70.3 cm³/mol. The van der Waals surface area contributed by atoms with Gasteiger partial charge in [-0.05, 0) is 12.1 Å². The summed E-state index contributed by atoms with van der Waals surface area (Å²) < 4.78 is 5.18. The van der Waals surface area contributed by atoms with Crippen molar-refractivity contribution in [3.63, 3.8) is 0 Å². The average molecular weight is 244 g/mol. The van der Waals surface area contributed by atoms with E-state index in [1.165, 1.54) is 0 Å². The zero-order valence-corrected chi connectivity index (χ0v) is 10.7. The molecule has 0 atom stereocenters. The lowest BCUT2D eigenvalue weighted by molar-refractivity contribution is 0.415. The van der Waals surface area contributed by atoms with E-state index in [-0.39, 0.29) is 11.9 Å². The van der Waals surface area contributed by atoms with E-state index in [0.29, 0.717) is 11.6 Å². The summed E-state index contributed by atoms with van der Waals surface area (Å²) in [5.74, 6) is 2.48. The van der Waals surface area contributed by atoms with Gasteiger partial charge in [0.25, 0.3) is 0 Å². The van der Waals surface area contributed by atoms with Crippen LogP contribution in [0.5, 0.6) is 5.75 Å². The minimum atomic E-state index is 0.208. The standard InChI is InChI=1S/C13H16N4O/c1-8(2)11-15-12(17-13(14)16-11)9-5-4-6-10(7-9)18-3/h4-8H,1-3H3,(H2,14,15,16,17). The normalized spacial score (nSPS) is 10.7. The van der Waals surface area contributed by atoms with E-state index >= 15 is 0 Å². The number of nitrogens with two attached hydrogens (primary N) is 1. The molecule has 0 fully saturated rings. The molecule has 0 bridgehead atoms. The molecule has 2 aromatic rings. The van der Waals surface area contributed by atoms with Crippen molar-refractivity contribution >= 4 is 5.95 Å². The van der Waals surface area contributed by atoms with Crippen molar-refractivity contribution in [2.75, 3.05) is 12.8 Å². The molecule has 5 heteroatoms. The van der Waals surface area contributed by atoms with E-state index in [1.807, 2.05) is 38.1 Å². The second-order valence-corrected chi connectivity index (χ2v) is 4.26. The third-order valence-electron chi connectivity index (χ3n) is 2.51. The molecule has 18 heavy (non-hydrogen) atoms. The number of aromatic nitrogens is 3. The SMILES string of the molecule is COc1cccc(-c2nc(N)nc(C(C)C)n2)c1. The van der Waals surface area contributed by atoms with Crippen LogP contribution in [0.3, 0.4) is 0 Å². The molecule has 0 radical (unpaired) electrons. The molecular formula is C13H16N4O. The number of ether oxygens (including phenoxy) is 1. The zero-order valence-electron chi connectivity index (χ0n) is 10.7. The van der Waals surface area contributed by atoms with Gasteiger partial charge in [-0.3, -0.25) is 0 Å². The summed E-state index contributed by atoms with van der Waals surface area (Å²) in [6, 6.07) is 7.56. The molecule has 0 saturated carbocycles. The molecule has 0 aliphatic rings. The quantitative estimate of drug-likeness (QED) is 0.896. The first kappa shape index (κ1) is 12.3. The third kappa shape index (κ3) is 2.56. The van der Waals surface area contributed by atoms with E-state index in [2.05, 4.69) is 15.0 Å². The Morgan fingerprint density at radius 2 is 1.94 bits per heavy atom. The predicted octanol–water partition coefficient (Wildman–Crippen LogP) is 2.25. The molecule has 94 valence electrons. The van der Waals surface area contributed by atoms with Crippen LogP contribution >= 0.6 is 0 Å². The monoisotopic (exact) mass is 244 g/mol. The number of rotatable bonds is 3. The Morgan fingerprint density at radius 1 is 1.17 bits per heavy atom. The molecular weight excluding hydrogens is 228 g/mol. The fourth-order valence-corrected chi connectivity index (χ4v) is 1.56. The van der Waals surface area contributed by atoms with Gasteiger partial charge in [0.2, 0.25) is 5.95 Å². The topological polar surface area (TPSA) is 73.9 Å². The van der Waals surface area contributed by atoms with Gasteiger partial charge in [-0.1, -0.05) is 26.0 Å². The molecule has 5 nitrogen and oxygen atoms in total. The number of methoxy groups -OCH3 is 1. The highest BCUT2D eigenvalue weighted by Crippen LogP contribution is 2.22. The van der Waals surface area contributed by atoms with Crippen LogP contribution in [0, 0.1) is 0 Å². The van der Waals surface area contributed by atoms with Crippen molar-refractivity contribution in [3.05, 3.63) is 30.1 Å². The average Bonchev–Trinajstić information content (AvgIpc) is 2.38. The minimum Gasteiger partial charge on any atom is -0.497 e. The Balaban J connectivity index is 2.49. The van der Waals surface area contributed by atoms with Crippen molar-refractivity contribution < 1.29 is 4.74 Å². The summed E-state index contributed by atoms with van der Waals surface area (Å²) in [5.41, 5.74) is 6.58. The van der Waals surface area contributed by atoms with Gasteiger partial charge < -0.3 is 10.5 Å². The van der Waals surface area contributed by atoms with Gasteiger partial charge in [-0.15, -0.1) is 0 Å². The molecule has 0 aliphatic carbocycles. The largest absolute Gasteiger partial charge is 0.497 e. The van der Waals surface area contributed by atoms with Gasteiger partial charge in [0.1, 0.15) is 11.6 Å². The number of nitrogen functional groups attached to an aromatic ring is 1. The summed E-state index contributed by atoms with van der Waals surface area (Å²) in [5, 5.41) is 0. The van der Waals surface area contributed by atoms with Crippen molar-refractivity contribution in [1.29, 1.82) is 0 Å². The van der Waals surface area contributed by atoms with Crippen LogP contribution in [-0.4, -0.2) is 22.1 Å². The summed E-state index contributed by atoms with van der Waals surface area (Å²) in [6.45, 7) is 4.04. The number of anilines is 1. The first-order chi connectivity index (χ1) is 8.60. The Bertz CT molecular complexity index is 554. The van der Waals surface area contributed by atoms with E-state index in [4.69, 9.17) is 10.5 Å². The molecule has 2 N–H and O–H groups in total. The van der Waals surface area contributed by atoms with Crippen molar-refractivity contribution in [2.24, 2.45) is 0 Å². The third-order valence-corrected chi connectivity index (χ3v) is 2.51. The van der Waals surface area contributed by atoms with Crippen molar-refractivity contribution in [1.82, 2.24) is 15.0 Å².